The van der Waals surface area contributed by atoms with Crippen LogP contribution >= 0.6 is 0 Å². The molecule has 0 radical (unpaired) electrons. The summed E-state index contributed by atoms with van der Waals surface area (Å²) >= 11 is 0. The van der Waals surface area contributed by atoms with Crippen LogP contribution in [0.3, 0.4) is 0 Å². The number of likely N-dealkylation sites (N-methyl/N-ethyl adjacent to an activating group) is 1. The van der Waals surface area contributed by atoms with Crippen LogP contribution in [0, 0.1) is 0 Å². The normalized spacial score (nSPS) is 25.9. The maximum Gasteiger partial charge on any atom is 0.560 e. The minimum Gasteiger partial charge on any atom is -0.385 e. The van der Waals surface area contributed by atoms with Crippen LogP contribution in [0.25, 0.3) is 22.1 Å². The lowest BCUT2D eigenvalue weighted by atomic mass is 10.2. The standard InChI is InChI=1S/C16H19F3N5O/c1-9(25)15-22-12-7-21-14-11(3-5-20-14)13(12)23(15)10-4-6-24(2,8-10)16(17,18)19/h3,5,7,9-10,25H,4,6,8H2,1-2H3,(H,20,21)/q+1/t9-,10+,24-/m1/s1. The number of hydrogen-bond acceptors (Lipinski definition) is 3. The molecule has 0 aliphatic carbocycles. The zero-order chi connectivity index (χ0) is 18.0. The summed E-state index contributed by atoms with van der Waals surface area (Å²) in [6, 6.07) is 1.45. The molecule has 2 N–H and O–H groups in total. The summed E-state index contributed by atoms with van der Waals surface area (Å²) in [5.74, 6) is 0.381. The van der Waals surface area contributed by atoms with Crippen molar-refractivity contribution in [3.8, 4) is 0 Å². The SMILES string of the molecule is C[C@@H](O)c1nc2cnc3[nH]ccc3c2n1[C@H]1CC[N@@+](C)(C(F)(F)F)C1. The van der Waals surface area contributed by atoms with E-state index in [0.717, 1.165) is 10.9 Å². The Morgan fingerprint density at radius 3 is 2.84 bits per heavy atom. The maximum atomic E-state index is 13.4. The lowest BCUT2D eigenvalue weighted by molar-refractivity contribution is -1.00. The van der Waals surface area contributed by atoms with Crippen LogP contribution in [0.2, 0.25) is 0 Å². The average Bonchev–Trinajstić information content (AvgIpc) is 3.20. The van der Waals surface area contributed by atoms with Crippen LogP contribution in [0.4, 0.5) is 13.2 Å². The molecule has 0 aromatic carbocycles. The Balaban J connectivity index is 1.91. The van der Waals surface area contributed by atoms with Crippen molar-refractivity contribution in [2.45, 2.75) is 31.8 Å². The summed E-state index contributed by atoms with van der Waals surface area (Å²) in [5.41, 5.74) is 1.95. The van der Waals surface area contributed by atoms with Crippen LogP contribution in [0.1, 0.15) is 31.3 Å². The molecule has 3 aromatic rings. The van der Waals surface area contributed by atoms with E-state index in [1.165, 1.54) is 7.05 Å². The van der Waals surface area contributed by atoms with Gasteiger partial charge in [-0.25, -0.2) is 14.5 Å². The number of imidazole rings is 1. The number of likely N-dealkylation sites (tertiary alicyclic amines) is 1. The van der Waals surface area contributed by atoms with E-state index in [1.54, 1.807) is 23.9 Å². The number of alkyl halides is 3. The number of fused-ring (bicyclic) bond motifs is 3. The van der Waals surface area contributed by atoms with Gasteiger partial charge in [-0.05, 0) is 13.0 Å². The predicted molar refractivity (Wildman–Crippen MR) is 85.6 cm³/mol. The van der Waals surface area contributed by atoms with Gasteiger partial charge in [0.1, 0.15) is 29.6 Å². The third-order valence-corrected chi connectivity index (χ3v) is 5.18. The molecular weight excluding hydrogens is 335 g/mol. The van der Waals surface area contributed by atoms with E-state index < -0.39 is 16.9 Å². The molecule has 3 aromatic heterocycles. The molecule has 3 atom stereocenters. The van der Waals surface area contributed by atoms with Gasteiger partial charge in [0.25, 0.3) is 0 Å². The molecule has 6 nitrogen and oxygen atoms in total. The minimum absolute atomic E-state index is 0.00839. The molecule has 0 amide bonds. The summed E-state index contributed by atoms with van der Waals surface area (Å²) in [6.45, 7) is 1.50. The van der Waals surface area contributed by atoms with Gasteiger partial charge in [0.15, 0.2) is 0 Å². The average molecular weight is 354 g/mol. The second-order valence-electron chi connectivity index (χ2n) is 6.96. The summed E-state index contributed by atoms with van der Waals surface area (Å²) in [5, 5.41) is 10.9. The van der Waals surface area contributed by atoms with Gasteiger partial charge in [0.05, 0.1) is 31.3 Å². The second kappa shape index (κ2) is 5.18. The van der Waals surface area contributed by atoms with Gasteiger partial charge in [-0.3, -0.25) is 0 Å². The number of aliphatic hydroxyl groups excluding tert-OH is 1. The fourth-order valence-corrected chi connectivity index (χ4v) is 3.80. The molecule has 0 saturated carbocycles. The van der Waals surface area contributed by atoms with E-state index in [2.05, 4.69) is 15.0 Å². The number of hydrogen-bond donors (Lipinski definition) is 2. The predicted octanol–water partition coefficient (Wildman–Crippen LogP) is 2.88. The van der Waals surface area contributed by atoms with Crippen molar-refractivity contribution in [1.82, 2.24) is 19.5 Å². The summed E-state index contributed by atoms with van der Waals surface area (Å²) in [7, 11) is 1.22. The highest BCUT2D eigenvalue weighted by atomic mass is 19.4. The number of nitrogens with one attached hydrogen (secondary N) is 1. The quantitative estimate of drug-likeness (QED) is 0.549. The van der Waals surface area contributed by atoms with Gasteiger partial charge in [-0.1, -0.05) is 0 Å². The van der Waals surface area contributed by atoms with Crippen molar-refractivity contribution < 1.29 is 22.8 Å². The van der Waals surface area contributed by atoms with Crippen molar-refractivity contribution in [2.24, 2.45) is 0 Å². The fraction of sp³-hybridized carbons (Fsp3) is 0.500. The molecule has 0 bridgehead atoms. The van der Waals surface area contributed by atoms with Gasteiger partial charge in [0, 0.05) is 18.0 Å². The van der Waals surface area contributed by atoms with Crippen LogP contribution in [-0.4, -0.2) is 55.5 Å². The molecule has 1 saturated heterocycles. The molecular formula is C16H19F3N5O+. The van der Waals surface area contributed by atoms with Crippen LogP contribution in [0.15, 0.2) is 18.5 Å². The lowest BCUT2D eigenvalue weighted by Crippen LogP contribution is -2.53. The lowest BCUT2D eigenvalue weighted by Gasteiger charge is -2.30. The summed E-state index contributed by atoms with van der Waals surface area (Å²) in [4.78, 5) is 11.7. The highest BCUT2D eigenvalue weighted by molar-refractivity contribution is 6.01. The second-order valence-corrected chi connectivity index (χ2v) is 6.96. The first-order valence-corrected chi connectivity index (χ1v) is 8.14. The zero-order valence-electron chi connectivity index (χ0n) is 13.9. The molecule has 1 fully saturated rings. The van der Waals surface area contributed by atoms with Crippen molar-refractivity contribution in [2.75, 3.05) is 20.1 Å². The number of aromatic nitrogens is 4. The molecule has 134 valence electrons. The number of rotatable bonds is 2. The third kappa shape index (κ3) is 2.33. The molecule has 1 aliphatic rings. The third-order valence-electron chi connectivity index (χ3n) is 5.18. The highest BCUT2D eigenvalue weighted by Crippen LogP contribution is 2.40. The first kappa shape index (κ1) is 16.3. The Labute approximate surface area is 141 Å². The Kier molecular flexibility index (Phi) is 3.39. The topological polar surface area (TPSA) is 66.7 Å². The first-order chi connectivity index (χ1) is 11.7. The molecule has 25 heavy (non-hydrogen) atoms. The van der Waals surface area contributed by atoms with Gasteiger partial charge < -0.3 is 14.7 Å². The number of nitrogens with zero attached hydrogens (tertiary/aromatic N) is 4. The van der Waals surface area contributed by atoms with Crippen LogP contribution < -0.4 is 0 Å². The van der Waals surface area contributed by atoms with Gasteiger partial charge in [-0.2, -0.15) is 0 Å². The summed E-state index contributed by atoms with van der Waals surface area (Å²) < 4.78 is 41.1. The van der Waals surface area contributed by atoms with Gasteiger partial charge in [0.2, 0.25) is 0 Å². The smallest absolute Gasteiger partial charge is 0.385 e. The van der Waals surface area contributed by atoms with E-state index in [-0.39, 0.29) is 19.1 Å². The van der Waals surface area contributed by atoms with E-state index >= 15 is 0 Å². The summed E-state index contributed by atoms with van der Waals surface area (Å²) in [6.07, 6.45) is -1.49. The molecule has 9 heteroatoms. The van der Waals surface area contributed by atoms with E-state index in [4.69, 9.17) is 0 Å². The largest absolute Gasteiger partial charge is 0.560 e. The number of aliphatic hydroxyl groups is 1. The Bertz CT molecular complexity index is 944. The Hall–Kier alpha value is -2.13. The maximum absolute atomic E-state index is 13.4. The van der Waals surface area contributed by atoms with E-state index in [0.29, 0.717) is 23.4 Å². The number of quaternary nitrogens is 1. The monoisotopic (exact) mass is 354 g/mol. The number of pyridine rings is 1. The van der Waals surface area contributed by atoms with Gasteiger partial charge >= 0.3 is 6.30 Å². The number of halogens is 3. The Morgan fingerprint density at radius 2 is 2.20 bits per heavy atom. The highest BCUT2D eigenvalue weighted by Gasteiger charge is 2.56. The molecule has 4 heterocycles. The number of aromatic amines is 1. The minimum atomic E-state index is -4.30. The van der Waals surface area contributed by atoms with Crippen molar-refractivity contribution in [1.29, 1.82) is 0 Å². The van der Waals surface area contributed by atoms with Crippen molar-refractivity contribution >= 4 is 22.1 Å². The molecule has 0 unspecified atom stereocenters. The molecule has 0 spiro atoms. The zero-order valence-corrected chi connectivity index (χ0v) is 13.9. The van der Waals surface area contributed by atoms with Crippen molar-refractivity contribution in [3.05, 3.63) is 24.3 Å². The molecule has 1 aliphatic heterocycles. The van der Waals surface area contributed by atoms with E-state index in [1.807, 2.05) is 6.07 Å². The van der Waals surface area contributed by atoms with Crippen molar-refractivity contribution in [3.63, 3.8) is 0 Å². The Morgan fingerprint density at radius 1 is 1.44 bits per heavy atom. The van der Waals surface area contributed by atoms with E-state index in [9.17, 15) is 18.3 Å². The van der Waals surface area contributed by atoms with Crippen LogP contribution in [-0.2, 0) is 0 Å². The number of H-pyrrole nitrogens is 1. The fourth-order valence-electron chi connectivity index (χ4n) is 3.80. The first-order valence-electron chi connectivity index (χ1n) is 8.14. The van der Waals surface area contributed by atoms with Crippen LogP contribution in [0.5, 0.6) is 0 Å². The molecule has 4 rings (SSSR count). The van der Waals surface area contributed by atoms with Gasteiger partial charge in [-0.15, -0.1) is 13.2 Å².